The van der Waals surface area contributed by atoms with Gasteiger partial charge < -0.3 is 15.2 Å². The zero-order chi connectivity index (χ0) is 14.8. The van der Waals surface area contributed by atoms with Crippen LogP contribution in [0, 0.1) is 0 Å². The predicted molar refractivity (Wildman–Crippen MR) is 83.8 cm³/mol. The first-order chi connectivity index (χ1) is 10.1. The van der Waals surface area contributed by atoms with Gasteiger partial charge in [-0.25, -0.2) is 9.97 Å². The number of hydrogen-bond donors (Lipinski definition) is 1. The predicted octanol–water partition coefficient (Wildman–Crippen LogP) is 0.773. The zero-order valence-electron chi connectivity index (χ0n) is 12.6. The van der Waals surface area contributed by atoms with Gasteiger partial charge in [0.25, 0.3) is 0 Å². The number of imidazole rings is 1. The smallest absolute Gasteiger partial charge is 0.123 e. The Kier molecular flexibility index (Phi) is 3.90. The maximum Gasteiger partial charge on any atom is 0.123 e. The number of nitrogens with zero attached hydrogens (tertiary/aromatic N) is 5. The van der Waals surface area contributed by atoms with E-state index in [9.17, 15) is 0 Å². The van der Waals surface area contributed by atoms with Crippen molar-refractivity contribution < 1.29 is 0 Å². The molecule has 112 valence electrons. The molecule has 1 aliphatic rings. The summed E-state index contributed by atoms with van der Waals surface area (Å²) in [5.41, 5.74) is 7.79. The van der Waals surface area contributed by atoms with E-state index < -0.39 is 0 Å². The number of pyridine rings is 1. The highest BCUT2D eigenvalue weighted by atomic mass is 15.3. The number of anilines is 1. The average Bonchev–Trinajstić information content (AvgIpc) is 2.92. The highest BCUT2D eigenvalue weighted by Crippen LogP contribution is 2.20. The lowest BCUT2D eigenvalue weighted by Crippen LogP contribution is -2.51. The first-order valence-corrected chi connectivity index (χ1v) is 7.24. The molecule has 0 saturated carbocycles. The molecule has 3 rings (SSSR count). The van der Waals surface area contributed by atoms with E-state index in [-0.39, 0.29) is 0 Å². The van der Waals surface area contributed by atoms with Crippen LogP contribution in [0.15, 0.2) is 30.9 Å². The molecular formula is C15H22N6. The van der Waals surface area contributed by atoms with E-state index in [1.54, 1.807) is 6.20 Å². The minimum absolute atomic E-state index is 0.499. The molecule has 1 saturated heterocycles. The van der Waals surface area contributed by atoms with Gasteiger partial charge in [-0.15, -0.1) is 0 Å². The molecule has 2 N–H and O–H groups in total. The molecule has 0 aliphatic carbocycles. The Balaban J connectivity index is 1.80. The average molecular weight is 286 g/mol. The second-order valence-corrected chi connectivity index (χ2v) is 5.80. The van der Waals surface area contributed by atoms with Crippen LogP contribution in [0.25, 0.3) is 11.3 Å². The summed E-state index contributed by atoms with van der Waals surface area (Å²) in [6, 6.07) is 4.32. The van der Waals surface area contributed by atoms with E-state index in [4.69, 9.17) is 5.73 Å². The Morgan fingerprint density at radius 1 is 1.24 bits per heavy atom. The van der Waals surface area contributed by atoms with Gasteiger partial charge in [0.2, 0.25) is 0 Å². The van der Waals surface area contributed by atoms with E-state index >= 15 is 0 Å². The summed E-state index contributed by atoms with van der Waals surface area (Å²) in [7, 11) is 4.37. The van der Waals surface area contributed by atoms with Gasteiger partial charge in [0.05, 0.1) is 18.2 Å². The van der Waals surface area contributed by atoms with Crippen LogP contribution in [-0.2, 0) is 6.54 Å². The normalized spacial score (nSPS) is 20.8. The molecule has 1 unspecified atom stereocenters. The van der Waals surface area contributed by atoms with Gasteiger partial charge in [0, 0.05) is 44.0 Å². The number of likely N-dealkylation sites (N-methyl/N-ethyl adjacent to an activating group) is 2. The number of nitrogen functional groups attached to an aromatic ring is 1. The Morgan fingerprint density at radius 2 is 2.10 bits per heavy atom. The van der Waals surface area contributed by atoms with Crippen LogP contribution in [0.2, 0.25) is 0 Å². The van der Waals surface area contributed by atoms with Gasteiger partial charge >= 0.3 is 0 Å². The lowest BCUT2D eigenvalue weighted by Gasteiger charge is -2.38. The van der Waals surface area contributed by atoms with Crippen molar-refractivity contribution >= 4 is 5.82 Å². The molecule has 21 heavy (non-hydrogen) atoms. The molecule has 0 spiro atoms. The SMILES string of the molecule is CN1CCN(C)C(Cn2cncc2-c2ccc(N)nc2)C1. The van der Waals surface area contributed by atoms with Crippen molar-refractivity contribution in [3.63, 3.8) is 0 Å². The molecule has 0 aromatic carbocycles. The van der Waals surface area contributed by atoms with Crippen molar-refractivity contribution in [2.75, 3.05) is 39.5 Å². The molecule has 1 fully saturated rings. The van der Waals surface area contributed by atoms with Crippen molar-refractivity contribution in [3.8, 4) is 11.3 Å². The third-order valence-corrected chi connectivity index (χ3v) is 4.18. The molecule has 0 radical (unpaired) electrons. The number of nitrogens with two attached hydrogens (primary N) is 1. The van der Waals surface area contributed by atoms with Crippen LogP contribution >= 0.6 is 0 Å². The zero-order valence-corrected chi connectivity index (χ0v) is 12.6. The minimum atomic E-state index is 0.499. The van der Waals surface area contributed by atoms with Gasteiger partial charge in [-0.3, -0.25) is 4.90 Å². The molecule has 6 heteroatoms. The van der Waals surface area contributed by atoms with Crippen LogP contribution < -0.4 is 5.73 Å². The van der Waals surface area contributed by atoms with Crippen molar-refractivity contribution in [1.82, 2.24) is 24.3 Å². The highest BCUT2D eigenvalue weighted by Gasteiger charge is 2.23. The monoisotopic (exact) mass is 286 g/mol. The quantitative estimate of drug-likeness (QED) is 0.903. The van der Waals surface area contributed by atoms with Gasteiger partial charge in [-0.2, -0.15) is 0 Å². The summed E-state index contributed by atoms with van der Waals surface area (Å²) in [6.45, 7) is 4.24. The summed E-state index contributed by atoms with van der Waals surface area (Å²) in [6.07, 6.45) is 5.59. The van der Waals surface area contributed by atoms with E-state index in [0.29, 0.717) is 11.9 Å². The van der Waals surface area contributed by atoms with E-state index in [1.807, 2.05) is 24.7 Å². The van der Waals surface area contributed by atoms with Crippen LogP contribution in [0.3, 0.4) is 0 Å². The lowest BCUT2D eigenvalue weighted by molar-refractivity contribution is 0.103. The second kappa shape index (κ2) is 5.83. The maximum absolute atomic E-state index is 5.66. The van der Waals surface area contributed by atoms with Crippen molar-refractivity contribution in [3.05, 3.63) is 30.9 Å². The molecule has 1 aliphatic heterocycles. The molecule has 2 aromatic heterocycles. The molecule has 6 nitrogen and oxygen atoms in total. The molecule has 0 bridgehead atoms. The van der Waals surface area contributed by atoms with Gasteiger partial charge in [-0.1, -0.05) is 0 Å². The molecule has 2 aromatic rings. The van der Waals surface area contributed by atoms with Crippen molar-refractivity contribution in [1.29, 1.82) is 0 Å². The minimum Gasteiger partial charge on any atom is -0.384 e. The topological polar surface area (TPSA) is 63.2 Å². The molecule has 3 heterocycles. The molecule has 0 amide bonds. The summed E-state index contributed by atoms with van der Waals surface area (Å²) in [5, 5.41) is 0. The fourth-order valence-electron chi connectivity index (χ4n) is 2.79. The largest absolute Gasteiger partial charge is 0.384 e. The Labute approximate surface area is 125 Å². The van der Waals surface area contributed by atoms with Crippen molar-refractivity contribution in [2.45, 2.75) is 12.6 Å². The number of aromatic nitrogens is 3. The van der Waals surface area contributed by atoms with Crippen LogP contribution in [0.1, 0.15) is 0 Å². The summed E-state index contributed by atoms with van der Waals surface area (Å²) in [5.74, 6) is 0.540. The Morgan fingerprint density at radius 3 is 2.86 bits per heavy atom. The van der Waals surface area contributed by atoms with Gasteiger partial charge in [-0.05, 0) is 26.2 Å². The fraction of sp³-hybridized carbons (Fsp3) is 0.467. The standard InChI is InChI=1S/C15H22N6/c1-19-5-6-20(2)13(9-19)10-21-11-17-8-14(21)12-3-4-15(16)18-7-12/h3-4,7-8,11,13H,5-6,9-10H2,1-2H3,(H2,16,18). The van der Waals surface area contributed by atoms with E-state index in [2.05, 4.69) is 38.4 Å². The van der Waals surface area contributed by atoms with E-state index in [0.717, 1.165) is 37.4 Å². The van der Waals surface area contributed by atoms with Crippen molar-refractivity contribution in [2.24, 2.45) is 0 Å². The summed E-state index contributed by atoms with van der Waals surface area (Å²) < 4.78 is 2.20. The lowest BCUT2D eigenvalue weighted by atomic mass is 10.1. The van der Waals surface area contributed by atoms with Crippen LogP contribution in [-0.4, -0.2) is 64.1 Å². The van der Waals surface area contributed by atoms with Gasteiger partial charge in [0.15, 0.2) is 0 Å². The number of piperazine rings is 1. The third-order valence-electron chi connectivity index (χ3n) is 4.18. The fourth-order valence-corrected chi connectivity index (χ4v) is 2.79. The first-order valence-electron chi connectivity index (χ1n) is 7.24. The van der Waals surface area contributed by atoms with Crippen LogP contribution in [0.5, 0.6) is 0 Å². The molecule has 1 atom stereocenters. The van der Waals surface area contributed by atoms with E-state index in [1.165, 1.54) is 0 Å². The first kappa shape index (κ1) is 14.0. The maximum atomic E-state index is 5.66. The second-order valence-electron chi connectivity index (χ2n) is 5.80. The summed E-state index contributed by atoms with van der Waals surface area (Å²) in [4.78, 5) is 13.3. The highest BCUT2D eigenvalue weighted by molar-refractivity contribution is 5.59. The third kappa shape index (κ3) is 3.06. The van der Waals surface area contributed by atoms with Crippen LogP contribution in [0.4, 0.5) is 5.82 Å². The van der Waals surface area contributed by atoms with Gasteiger partial charge in [0.1, 0.15) is 5.82 Å². The summed E-state index contributed by atoms with van der Waals surface area (Å²) >= 11 is 0. The Hall–Kier alpha value is -1.92. The number of hydrogen-bond acceptors (Lipinski definition) is 5. The number of rotatable bonds is 3. The Bertz CT molecular complexity index is 590. The molecular weight excluding hydrogens is 264 g/mol.